The van der Waals surface area contributed by atoms with Gasteiger partial charge in [0.1, 0.15) is 11.5 Å². The summed E-state index contributed by atoms with van der Waals surface area (Å²) in [7, 11) is -10.2. The summed E-state index contributed by atoms with van der Waals surface area (Å²) in [6.07, 6.45) is 0. The summed E-state index contributed by atoms with van der Waals surface area (Å²) in [5.41, 5.74) is 0.213. The number of amides is 4. The first-order valence-corrected chi connectivity index (χ1v) is 20.6. The molecule has 0 aliphatic carbocycles. The summed E-state index contributed by atoms with van der Waals surface area (Å²) in [4.78, 5) is 54.9. The average molecular weight is 809 g/mol. The fourth-order valence-corrected chi connectivity index (χ4v) is 9.24. The fraction of sp³-hybridized carbons (Fsp3) is 0.167. The molecule has 4 amide bonds. The summed E-state index contributed by atoms with van der Waals surface area (Å²) in [6.45, 7) is 7.99. The maximum absolute atomic E-state index is 13.3. The first-order chi connectivity index (χ1) is 25.5. The highest BCUT2D eigenvalue weighted by Crippen LogP contribution is 2.39. The smallest absolute Gasteiger partial charge is 0.360 e. The zero-order valence-corrected chi connectivity index (χ0v) is 31.9. The molecule has 278 valence electrons. The number of rotatable bonds is 12. The Labute approximate surface area is 317 Å². The Hall–Kier alpha value is -4.98. The summed E-state index contributed by atoms with van der Waals surface area (Å²) in [5.74, 6) is -4.93. The molecule has 0 atom stereocenters. The second-order valence-electron chi connectivity index (χ2n) is 12.4. The molecule has 5 aromatic rings. The van der Waals surface area contributed by atoms with Crippen molar-refractivity contribution in [3.63, 3.8) is 0 Å². The number of carbonyl (C=O) groups excluding carboxylic acids is 4. The summed E-state index contributed by atoms with van der Waals surface area (Å²) in [6, 6.07) is 20.0. The van der Waals surface area contributed by atoms with E-state index in [0.29, 0.717) is 21.5 Å². The van der Waals surface area contributed by atoms with Crippen molar-refractivity contribution in [2.24, 2.45) is 0 Å². The van der Waals surface area contributed by atoms with Crippen molar-refractivity contribution in [2.45, 2.75) is 48.0 Å². The Morgan fingerprint density at radius 1 is 0.481 bits per heavy atom. The molecule has 0 saturated heterocycles. The third-order valence-electron chi connectivity index (χ3n) is 7.94. The van der Waals surface area contributed by atoms with Crippen LogP contribution in [0.5, 0.6) is 11.5 Å². The lowest BCUT2D eigenvalue weighted by atomic mass is 9.95. The van der Waals surface area contributed by atoms with Gasteiger partial charge in [0.05, 0.1) is 22.3 Å². The van der Waals surface area contributed by atoms with Crippen molar-refractivity contribution < 1.29 is 52.9 Å². The molecular formula is C36H28N2O12S4. The minimum absolute atomic E-state index is 0.0533. The molecule has 0 fully saturated rings. The van der Waals surface area contributed by atoms with Crippen molar-refractivity contribution in [3.05, 3.63) is 107 Å². The standard InChI is InChI=1S/C36H28N2O12S4/c1-19(2)51-29-17-15-27-31-23(29)7-5-9-25(31)33(39)37(35(27)41)49-53(43,44)47-21-11-13-22(14-12-21)48-54(45,46)50-38-34(40)26-10-6-8-24-30(52-20(3)4)18-16-28(32(24)26)36(38)42/h5-20H,1-4H3. The second kappa shape index (κ2) is 14.0. The Morgan fingerprint density at radius 2 is 0.815 bits per heavy atom. The maximum Gasteiger partial charge on any atom is 0.471 e. The molecule has 54 heavy (non-hydrogen) atoms. The van der Waals surface area contributed by atoms with E-state index in [0.717, 1.165) is 34.1 Å². The van der Waals surface area contributed by atoms with Gasteiger partial charge >= 0.3 is 20.8 Å². The highest BCUT2D eigenvalue weighted by atomic mass is 32.3. The summed E-state index contributed by atoms with van der Waals surface area (Å²) in [5, 5.41) is 2.67. The highest BCUT2D eigenvalue weighted by molar-refractivity contribution is 8.00. The molecule has 0 N–H and O–H groups in total. The topological polar surface area (TPSA) is 180 Å². The number of hydroxylamine groups is 4. The van der Waals surface area contributed by atoms with Crippen LogP contribution in [0, 0.1) is 0 Å². The molecule has 0 spiro atoms. The van der Waals surface area contributed by atoms with Gasteiger partial charge in [-0.25, -0.2) is 0 Å². The normalized spacial score (nSPS) is 14.6. The van der Waals surface area contributed by atoms with E-state index >= 15 is 0 Å². The molecule has 2 aliphatic rings. The molecular weight excluding hydrogens is 781 g/mol. The SMILES string of the molecule is CC(C)Sc1ccc2c3c(cccc13)C(=O)N(OS(=O)(=O)Oc1ccc(OS(=O)(=O)ON3C(=O)c4cccc5c(SC(C)C)ccc(c45)C3=O)cc1)C2=O. The van der Waals surface area contributed by atoms with Crippen molar-refractivity contribution in [1.82, 2.24) is 10.1 Å². The summed E-state index contributed by atoms with van der Waals surface area (Å²) < 4.78 is 71.1. The minimum atomic E-state index is -5.11. The second-order valence-corrected chi connectivity index (χ2v) is 17.9. The molecule has 0 radical (unpaired) electrons. The number of carbonyl (C=O) groups is 4. The molecule has 2 aliphatic heterocycles. The monoisotopic (exact) mass is 808 g/mol. The molecule has 0 unspecified atom stereocenters. The number of hydrogen-bond acceptors (Lipinski definition) is 14. The van der Waals surface area contributed by atoms with Gasteiger partial charge in [-0.05, 0) is 71.4 Å². The van der Waals surface area contributed by atoms with Gasteiger partial charge in [-0.3, -0.25) is 19.2 Å². The molecule has 18 heteroatoms. The van der Waals surface area contributed by atoms with Crippen molar-refractivity contribution in [3.8, 4) is 11.5 Å². The average Bonchev–Trinajstić information content (AvgIpc) is 3.11. The van der Waals surface area contributed by atoms with Crippen molar-refractivity contribution in [1.29, 1.82) is 0 Å². The Morgan fingerprint density at radius 3 is 1.15 bits per heavy atom. The predicted molar refractivity (Wildman–Crippen MR) is 199 cm³/mol. The largest absolute Gasteiger partial charge is 0.471 e. The Kier molecular flexibility index (Phi) is 9.69. The lowest BCUT2D eigenvalue weighted by Gasteiger charge is -2.26. The van der Waals surface area contributed by atoms with E-state index < -0.39 is 55.9 Å². The lowest BCUT2D eigenvalue weighted by Crippen LogP contribution is -2.42. The van der Waals surface area contributed by atoms with Gasteiger partial charge in [0.2, 0.25) is 0 Å². The molecule has 14 nitrogen and oxygen atoms in total. The third-order valence-corrected chi connectivity index (χ3v) is 11.6. The van der Waals surface area contributed by atoms with E-state index in [1.807, 2.05) is 27.7 Å². The van der Waals surface area contributed by atoms with Gasteiger partial charge in [-0.2, -0.15) is 16.8 Å². The van der Waals surface area contributed by atoms with E-state index in [-0.39, 0.29) is 42.9 Å². The van der Waals surface area contributed by atoms with Crippen LogP contribution in [0.25, 0.3) is 21.5 Å². The molecule has 2 heterocycles. The van der Waals surface area contributed by atoms with Crippen LogP contribution in [-0.2, 0) is 29.4 Å². The van der Waals surface area contributed by atoms with Gasteiger partial charge in [0, 0.05) is 31.1 Å². The lowest BCUT2D eigenvalue weighted by molar-refractivity contribution is -0.0212. The first kappa shape index (κ1) is 37.3. The van der Waals surface area contributed by atoms with Gasteiger partial charge in [0.15, 0.2) is 0 Å². The number of benzene rings is 5. The van der Waals surface area contributed by atoms with Gasteiger partial charge < -0.3 is 8.37 Å². The quantitative estimate of drug-likeness (QED) is 0.0960. The van der Waals surface area contributed by atoms with E-state index in [9.17, 15) is 36.0 Å². The van der Waals surface area contributed by atoms with Crippen LogP contribution in [0.1, 0.15) is 69.1 Å². The molecule has 5 aromatic carbocycles. The molecule has 0 aromatic heterocycles. The fourth-order valence-electron chi connectivity index (χ4n) is 5.94. The minimum Gasteiger partial charge on any atom is -0.360 e. The van der Waals surface area contributed by atoms with Gasteiger partial charge in [-0.1, -0.05) is 52.0 Å². The zero-order chi connectivity index (χ0) is 38.7. The Balaban J connectivity index is 1.03. The van der Waals surface area contributed by atoms with Crippen LogP contribution in [0.3, 0.4) is 0 Å². The first-order valence-electron chi connectivity index (χ1n) is 16.1. The van der Waals surface area contributed by atoms with Crippen LogP contribution in [0.15, 0.2) is 94.7 Å². The van der Waals surface area contributed by atoms with Crippen molar-refractivity contribution >= 4 is 89.5 Å². The zero-order valence-electron chi connectivity index (χ0n) is 28.7. The van der Waals surface area contributed by atoms with Crippen molar-refractivity contribution in [2.75, 3.05) is 0 Å². The van der Waals surface area contributed by atoms with E-state index in [2.05, 4.69) is 0 Å². The van der Waals surface area contributed by atoms with Crippen LogP contribution in [0.4, 0.5) is 0 Å². The highest BCUT2D eigenvalue weighted by Gasteiger charge is 2.40. The third kappa shape index (κ3) is 7.03. The van der Waals surface area contributed by atoms with Gasteiger partial charge in [0.25, 0.3) is 23.6 Å². The molecule has 7 rings (SSSR count). The van der Waals surface area contributed by atoms with Gasteiger partial charge in [-0.15, -0.1) is 42.2 Å². The number of hydrogen-bond donors (Lipinski definition) is 0. The Bertz CT molecular complexity index is 2420. The number of imide groups is 2. The molecule has 0 saturated carbocycles. The van der Waals surface area contributed by atoms with E-state index in [4.69, 9.17) is 16.9 Å². The van der Waals surface area contributed by atoms with E-state index in [1.165, 1.54) is 24.3 Å². The van der Waals surface area contributed by atoms with Crippen LogP contribution >= 0.6 is 23.5 Å². The van der Waals surface area contributed by atoms with Crippen LogP contribution in [0.2, 0.25) is 0 Å². The summed E-state index contributed by atoms with van der Waals surface area (Å²) >= 11 is 3.08. The van der Waals surface area contributed by atoms with Crippen LogP contribution < -0.4 is 8.37 Å². The molecule has 0 bridgehead atoms. The maximum atomic E-state index is 13.3. The van der Waals surface area contributed by atoms with E-state index in [1.54, 1.807) is 59.9 Å². The van der Waals surface area contributed by atoms with Crippen LogP contribution in [-0.4, -0.2) is 61.1 Å². The predicted octanol–water partition coefficient (Wildman–Crippen LogP) is 6.70. The number of thioether (sulfide) groups is 2. The number of nitrogens with zero attached hydrogens (tertiary/aromatic N) is 2.